The van der Waals surface area contributed by atoms with E-state index in [0.717, 1.165) is 17.9 Å². The van der Waals surface area contributed by atoms with Crippen molar-refractivity contribution in [3.63, 3.8) is 0 Å². The van der Waals surface area contributed by atoms with Crippen LogP contribution in [0, 0.1) is 0 Å². The topological polar surface area (TPSA) is 53.7 Å². The van der Waals surface area contributed by atoms with Gasteiger partial charge in [0.2, 0.25) is 12.5 Å². The fourth-order valence-corrected chi connectivity index (χ4v) is 1.28. The second kappa shape index (κ2) is 4.19. The summed E-state index contributed by atoms with van der Waals surface area (Å²) in [4.78, 5) is 0. The minimum atomic E-state index is 0.270. The maximum absolute atomic E-state index is 5.50. The maximum Gasteiger partial charge on any atom is 0.231 e. The molecule has 14 heavy (non-hydrogen) atoms. The molecule has 2 N–H and O–H groups in total. The number of hydrogen-bond donors (Lipinski definition) is 1. The summed E-state index contributed by atoms with van der Waals surface area (Å²) in [5.41, 5.74) is 5.37. The first-order valence-corrected chi connectivity index (χ1v) is 4.63. The molecular weight excluding hydrogens is 182 g/mol. The predicted octanol–water partition coefficient (Wildman–Crippen LogP) is 1.14. The molecule has 0 saturated heterocycles. The van der Waals surface area contributed by atoms with Gasteiger partial charge in [-0.05, 0) is 25.1 Å². The number of fused-ring (bicyclic) bond motifs is 1. The van der Waals surface area contributed by atoms with Gasteiger partial charge < -0.3 is 19.9 Å². The first-order valence-electron chi connectivity index (χ1n) is 4.63. The third kappa shape index (κ3) is 1.75. The molecule has 1 aromatic rings. The number of nitrogens with two attached hydrogens (primary N) is 1. The van der Waals surface area contributed by atoms with Crippen LogP contribution in [0.5, 0.6) is 17.2 Å². The molecule has 1 aromatic carbocycles. The van der Waals surface area contributed by atoms with Crippen molar-refractivity contribution in [2.24, 2.45) is 5.73 Å². The van der Waals surface area contributed by atoms with E-state index in [1.807, 2.05) is 18.2 Å². The summed E-state index contributed by atoms with van der Waals surface area (Å²) in [6.07, 6.45) is 0.838. The van der Waals surface area contributed by atoms with E-state index in [1.165, 1.54) is 0 Å². The van der Waals surface area contributed by atoms with Crippen LogP contribution in [0.15, 0.2) is 18.2 Å². The maximum atomic E-state index is 5.50. The highest BCUT2D eigenvalue weighted by Gasteiger charge is 2.17. The van der Waals surface area contributed by atoms with Gasteiger partial charge in [-0.1, -0.05) is 6.07 Å². The zero-order valence-corrected chi connectivity index (χ0v) is 7.86. The Morgan fingerprint density at radius 2 is 2.29 bits per heavy atom. The Kier molecular flexibility index (Phi) is 2.74. The molecule has 76 valence electrons. The first kappa shape index (κ1) is 9.15. The third-order valence-corrected chi connectivity index (χ3v) is 1.97. The molecule has 0 aliphatic carbocycles. The second-order valence-corrected chi connectivity index (χ2v) is 2.98. The van der Waals surface area contributed by atoms with Gasteiger partial charge in [-0.15, -0.1) is 0 Å². The van der Waals surface area contributed by atoms with Crippen LogP contribution in [0.25, 0.3) is 0 Å². The standard InChI is InChI=1S/C10H13NO3/c11-5-2-6-12-8-3-1-4-9-10(8)14-7-13-9/h1,3-4H,2,5-7,11H2. The summed E-state index contributed by atoms with van der Waals surface area (Å²) < 4.78 is 16.0. The highest BCUT2D eigenvalue weighted by atomic mass is 16.7. The summed E-state index contributed by atoms with van der Waals surface area (Å²) >= 11 is 0. The van der Waals surface area contributed by atoms with Crippen LogP contribution >= 0.6 is 0 Å². The average Bonchev–Trinajstić information content (AvgIpc) is 2.67. The lowest BCUT2D eigenvalue weighted by molar-refractivity contribution is 0.169. The van der Waals surface area contributed by atoms with E-state index >= 15 is 0 Å². The molecule has 0 saturated carbocycles. The lowest BCUT2D eigenvalue weighted by atomic mass is 10.3. The highest BCUT2D eigenvalue weighted by molar-refractivity contribution is 5.52. The monoisotopic (exact) mass is 195 g/mol. The van der Waals surface area contributed by atoms with Crippen molar-refractivity contribution in [3.05, 3.63) is 18.2 Å². The van der Waals surface area contributed by atoms with Gasteiger partial charge in [0.25, 0.3) is 0 Å². The Balaban J connectivity index is 2.06. The molecule has 1 heterocycles. The Labute approximate surface area is 82.6 Å². The van der Waals surface area contributed by atoms with Crippen molar-refractivity contribution < 1.29 is 14.2 Å². The van der Waals surface area contributed by atoms with Crippen LogP contribution in [0.1, 0.15) is 6.42 Å². The van der Waals surface area contributed by atoms with Gasteiger partial charge in [-0.3, -0.25) is 0 Å². The van der Waals surface area contributed by atoms with Crippen molar-refractivity contribution in [1.82, 2.24) is 0 Å². The minimum absolute atomic E-state index is 0.270. The van der Waals surface area contributed by atoms with Gasteiger partial charge in [0.1, 0.15) is 0 Å². The first-order chi connectivity index (χ1) is 6.92. The van der Waals surface area contributed by atoms with Gasteiger partial charge >= 0.3 is 0 Å². The molecule has 1 aliphatic rings. The second-order valence-electron chi connectivity index (χ2n) is 2.98. The van der Waals surface area contributed by atoms with Crippen molar-refractivity contribution in [1.29, 1.82) is 0 Å². The normalized spacial score (nSPS) is 12.9. The Morgan fingerprint density at radius 3 is 3.14 bits per heavy atom. The fraction of sp³-hybridized carbons (Fsp3) is 0.400. The van der Waals surface area contributed by atoms with E-state index in [0.29, 0.717) is 18.9 Å². The van der Waals surface area contributed by atoms with Gasteiger partial charge in [0.15, 0.2) is 11.5 Å². The quantitative estimate of drug-likeness (QED) is 0.732. The summed E-state index contributed by atoms with van der Waals surface area (Å²) in [7, 11) is 0. The van der Waals surface area contributed by atoms with Crippen molar-refractivity contribution in [2.45, 2.75) is 6.42 Å². The summed E-state index contributed by atoms with van der Waals surface area (Å²) in [5.74, 6) is 2.17. The minimum Gasteiger partial charge on any atom is -0.489 e. The van der Waals surface area contributed by atoms with E-state index in [9.17, 15) is 0 Å². The van der Waals surface area contributed by atoms with Gasteiger partial charge in [0.05, 0.1) is 6.61 Å². The smallest absolute Gasteiger partial charge is 0.231 e. The number of ether oxygens (including phenoxy) is 3. The number of hydrogen-bond acceptors (Lipinski definition) is 4. The SMILES string of the molecule is NCCCOc1cccc2c1OCO2. The lowest BCUT2D eigenvalue weighted by Gasteiger charge is -2.07. The molecule has 0 bridgehead atoms. The van der Waals surface area contributed by atoms with Gasteiger partial charge in [-0.2, -0.15) is 0 Å². The molecular formula is C10H13NO3. The van der Waals surface area contributed by atoms with Crippen LogP contribution in [0.4, 0.5) is 0 Å². The van der Waals surface area contributed by atoms with Crippen LogP contribution in [0.2, 0.25) is 0 Å². The Morgan fingerprint density at radius 1 is 1.36 bits per heavy atom. The fourth-order valence-electron chi connectivity index (χ4n) is 1.28. The molecule has 4 nitrogen and oxygen atoms in total. The molecule has 4 heteroatoms. The summed E-state index contributed by atoms with van der Waals surface area (Å²) in [6, 6.07) is 5.60. The molecule has 0 amide bonds. The largest absolute Gasteiger partial charge is 0.489 e. The molecule has 0 fully saturated rings. The molecule has 0 spiro atoms. The zero-order valence-electron chi connectivity index (χ0n) is 7.86. The third-order valence-electron chi connectivity index (χ3n) is 1.97. The molecule has 0 unspecified atom stereocenters. The summed E-state index contributed by atoms with van der Waals surface area (Å²) in [6.45, 7) is 1.51. The molecule has 0 aromatic heterocycles. The lowest BCUT2D eigenvalue weighted by Crippen LogP contribution is -2.06. The van der Waals surface area contributed by atoms with Gasteiger partial charge in [0, 0.05) is 0 Å². The van der Waals surface area contributed by atoms with Crippen molar-refractivity contribution in [2.75, 3.05) is 19.9 Å². The predicted molar refractivity (Wildman–Crippen MR) is 51.7 cm³/mol. The van der Waals surface area contributed by atoms with Gasteiger partial charge in [-0.25, -0.2) is 0 Å². The van der Waals surface area contributed by atoms with Crippen LogP contribution in [-0.4, -0.2) is 19.9 Å². The molecule has 1 aliphatic heterocycles. The van der Waals surface area contributed by atoms with Crippen LogP contribution in [0.3, 0.4) is 0 Å². The number of rotatable bonds is 4. The van der Waals surface area contributed by atoms with Crippen LogP contribution < -0.4 is 19.9 Å². The van der Waals surface area contributed by atoms with Crippen LogP contribution in [-0.2, 0) is 0 Å². The van der Waals surface area contributed by atoms with E-state index in [-0.39, 0.29) is 6.79 Å². The zero-order chi connectivity index (χ0) is 9.80. The van der Waals surface area contributed by atoms with E-state index < -0.39 is 0 Å². The highest BCUT2D eigenvalue weighted by Crippen LogP contribution is 2.40. The van der Waals surface area contributed by atoms with E-state index in [2.05, 4.69) is 0 Å². The Bertz CT molecular complexity index is 314. The molecule has 2 rings (SSSR count). The number of para-hydroxylation sites is 1. The summed E-state index contributed by atoms with van der Waals surface area (Å²) in [5, 5.41) is 0. The molecule has 0 radical (unpaired) electrons. The van der Waals surface area contributed by atoms with E-state index in [4.69, 9.17) is 19.9 Å². The van der Waals surface area contributed by atoms with E-state index in [1.54, 1.807) is 0 Å². The number of benzene rings is 1. The average molecular weight is 195 g/mol. The Hall–Kier alpha value is -1.42. The molecule has 0 atom stereocenters. The van der Waals surface area contributed by atoms with Crippen molar-refractivity contribution in [3.8, 4) is 17.2 Å². The van der Waals surface area contributed by atoms with Crippen molar-refractivity contribution >= 4 is 0 Å².